The number of aliphatic imine (C=N–C) groups is 1. The standard InChI is InChI=1S/C6H10FN/c1-5(2)8-4-6(3)7/h4H,1-3H3/b6-4-. The fraction of sp³-hybridized carbons (Fsp3) is 0.500. The normalized spacial score (nSPS) is 11.2. The van der Waals surface area contributed by atoms with Crippen molar-refractivity contribution in [3.05, 3.63) is 12.0 Å². The van der Waals surface area contributed by atoms with Crippen molar-refractivity contribution in [1.82, 2.24) is 0 Å². The van der Waals surface area contributed by atoms with Gasteiger partial charge < -0.3 is 0 Å². The highest BCUT2D eigenvalue weighted by Gasteiger charge is 1.76. The first kappa shape index (κ1) is 7.34. The molecule has 0 aromatic heterocycles. The second-order valence-corrected chi connectivity index (χ2v) is 1.79. The van der Waals surface area contributed by atoms with Crippen LogP contribution in [0.1, 0.15) is 20.8 Å². The monoisotopic (exact) mass is 115 g/mol. The quantitative estimate of drug-likeness (QED) is 0.465. The van der Waals surface area contributed by atoms with E-state index in [1.807, 2.05) is 13.8 Å². The summed E-state index contributed by atoms with van der Waals surface area (Å²) in [6.07, 6.45) is 1.20. The zero-order chi connectivity index (χ0) is 6.57. The van der Waals surface area contributed by atoms with Crippen LogP contribution >= 0.6 is 0 Å². The van der Waals surface area contributed by atoms with Gasteiger partial charge in [-0.1, -0.05) is 0 Å². The summed E-state index contributed by atoms with van der Waals surface area (Å²) >= 11 is 0. The van der Waals surface area contributed by atoms with Gasteiger partial charge in [-0.2, -0.15) is 0 Å². The molecule has 0 aromatic carbocycles. The Labute approximate surface area is 48.9 Å². The van der Waals surface area contributed by atoms with Gasteiger partial charge in [-0.05, 0) is 20.8 Å². The van der Waals surface area contributed by atoms with Gasteiger partial charge in [0.1, 0.15) is 5.83 Å². The molecule has 1 nitrogen and oxygen atoms in total. The first-order valence-corrected chi connectivity index (χ1v) is 2.46. The summed E-state index contributed by atoms with van der Waals surface area (Å²) in [5, 5.41) is 0. The molecule has 8 heavy (non-hydrogen) atoms. The number of nitrogens with zero attached hydrogens (tertiary/aromatic N) is 1. The highest BCUT2D eigenvalue weighted by molar-refractivity contribution is 5.79. The van der Waals surface area contributed by atoms with Crippen molar-refractivity contribution in [2.75, 3.05) is 0 Å². The predicted octanol–water partition coefficient (Wildman–Crippen LogP) is 2.30. The Kier molecular flexibility index (Phi) is 3.08. The van der Waals surface area contributed by atoms with Crippen molar-refractivity contribution >= 4 is 5.71 Å². The first-order chi connectivity index (χ1) is 3.63. The lowest BCUT2D eigenvalue weighted by molar-refractivity contribution is 0.637. The van der Waals surface area contributed by atoms with Crippen molar-refractivity contribution < 1.29 is 4.39 Å². The molecule has 0 spiro atoms. The van der Waals surface area contributed by atoms with E-state index in [9.17, 15) is 4.39 Å². The molecule has 0 fully saturated rings. The minimum atomic E-state index is -0.258. The summed E-state index contributed by atoms with van der Waals surface area (Å²) in [6, 6.07) is 0. The summed E-state index contributed by atoms with van der Waals surface area (Å²) < 4.78 is 11.8. The van der Waals surface area contributed by atoms with Crippen molar-refractivity contribution in [2.45, 2.75) is 20.8 Å². The average Bonchev–Trinajstić information content (AvgIpc) is 1.61. The van der Waals surface area contributed by atoms with E-state index < -0.39 is 0 Å². The maximum Gasteiger partial charge on any atom is 0.115 e. The zero-order valence-corrected chi connectivity index (χ0v) is 5.40. The van der Waals surface area contributed by atoms with E-state index in [2.05, 4.69) is 4.99 Å². The molecule has 0 amide bonds. The van der Waals surface area contributed by atoms with Crippen molar-refractivity contribution in [3.63, 3.8) is 0 Å². The highest BCUT2D eigenvalue weighted by Crippen LogP contribution is 1.92. The number of allylic oxidation sites excluding steroid dienone is 1. The lowest BCUT2D eigenvalue weighted by Crippen LogP contribution is -1.75. The van der Waals surface area contributed by atoms with Gasteiger partial charge in [-0.3, -0.25) is 4.99 Å². The smallest absolute Gasteiger partial charge is 0.115 e. The molecular formula is C6H10FN. The van der Waals surface area contributed by atoms with Crippen LogP contribution in [0.2, 0.25) is 0 Å². The third-order valence-corrected chi connectivity index (χ3v) is 0.501. The van der Waals surface area contributed by atoms with Gasteiger partial charge in [-0.25, -0.2) is 4.39 Å². The van der Waals surface area contributed by atoms with E-state index in [1.54, 1.807) is 0 Å². The highest BCUT2D eigenvalue weighted by atomic mass is 19.1. The summed E-state index contributed by atoms with van der Waals surface area (Å²) in [6.45, 7) is 5.01. The summed E-state index contributed by atoms with van der Waals surface area (Å²) in [4.78, 5) is 3.70. The van der Waals surface area contributed by atoms with Crippen LogP contribution in [0.5, 0.6) is 0 Å². The number of rotatable bonds is 1. The van der Waals surface area contributed by atoms with Gasteiger partial charge in [0.15, 0.2) is 0 Å². The Morgan fingerprint density at radius 1 is 1.38 bits per heavy atom. The predicted molar refractivity (Wildman–Crippen MR) is 33.6 cm³/mol. The minimum absolute atomic E-state index is 0.258. The molecule has 0 radical (unpaired) electrons. The van der Waals surface area contributed by atoms with Crippen molar-refractivity contribution in [2.24, 2.45) is 4.99 Å². The molecule has 0 aromatic rings. The second-order valence-electron chi connectivity index (χ2n) is 1.79. The van der Waals surface area contributed by atoms with Crippen LogP contribution in [0.25, 0.3) is 0 Å². The fourth-order valence-corrected chi connectivity index (χ4v) is 0.218. The molecule has 0 heterocycles. The fourth-order valence-electron chi connectivity index (χ4n) is 0.218. The molecular weight excluding hydrogens is 105 g/mol. The summed E-state index contributed by atoms with van der Waals surface area (Å²) in [5.41, 5.74) is 0.863. The average molecular weight is 115 g/mol. The van der Waals surface area contributed by atoms with Gasteiger partial charge in [0.05, 0.1) is 6.20 Å². The molecule has 0 bridgehead atoms. The lowest BCUT2D eigenvalue weighted by Gasteiger charge is -1.81. The molecule has 0 aliphatic carbocycles. The van der Waals surface area contributed by atoms with Crippen LogP contribution in [0, 0.1) is 0 Å². The first-order valence-electron chi connectivity index (χ1n) is 2.46. The van der Waals surface area contributed by atoms with E-state index in [1.165, 1.54) is 13.1 Å². The molecule has 2 heteroatoms. The molecule has 46 valence electrons. The maximum atomic E-state index is 11.8. The van der Waals surface area contributed by atoms with Gasteiger partial charge in [0.25, 0.3) is 0 Å². The molecule has 0 saturated carbocycles. The number of hydrogen-bond acceptors (Lipinski definition) is 1. The molecule has 0 aliphatic heterocycles. The molecule has 0 N–H and O–H groups in total. The van der Waals surface area contributed by atoms with Crippen LogP contribution in [-0.4, -0.2) is 5.71 Å². The van der Waals surface area contributed by atoms with E-state index in [-0.39, 0.29) is 5.83 Å². The van der Waals surface area contributed by atoms with Crippen molar-refractivity contribution in [1.29, 1.82) is 0 Å². The Bertz CT molecular complexity index is 100. The number of hydrogen-bond donors (Lipinski definition) is 0. The van der Waals surface area contributed by atoms with Gasteiger partial charge >= 0.3 is 0 Å². The van der Waals surface area contributed by atoms with E-state index in [0.717, 1.165) is 5.71 Å². The van der Waals surface area contributed by atoms with Gasteiger partial charge in [0.2, 0.25) is 0 Å². The Balaban J connectivity index is 3.76. The topological polar surface area (TPSA) is 12.4 Å². The number of halogens is 1. The third-order valence-electron chi connectivity index (χ3n) is 0.501. The van der Waals surface area contributed by atoms with Crippen LogP contribution in [0.15, 0.2) is 17.0 Å². The Hall–Kier alpha value is -0.660. The van der Waals surface area contributed by atoms with Crippen LogP contribution in [0.4, 0.5) is 4.39 Å². The molecule has 0 unspecified atom stereocenters. The van der Waals surface area contributed by atoms with Crippen LogP contribution < -0.4 is 0 Å². The van der Waals surface area contributed by atoms with Gasteiger partial charge in [-0.15, -0.1) is 0 Å². The second kappa shape index (κ2) is 3.36. The Morgan fingerprint density at radius 3 is 2.00 bits per heavy atom. The van der Waals surface area contributed by atoms with Crippen LogP contribution in [-0.2, 0) is 0 Å². The molecule has 0 aliphatic rings. The third kappa shape index (κ3) is 5.34. The van der Waals surface area contributed by atoms with E-state index in [4.69, 9.17) is 0 Å². The van der Waals surface area contributed by atoms with E-state index in [0.29, 0.717) is 0 Å². The minimum Gasteiger partial charge on any atom is -0.264 e. The maximum absolute atomic E-state index is 11.8. The summed E-state index contributed by atoms with van der Waals surface area (Å²) in [7, 11) is 0. The zero-order valence-electron chi connectivity index (χ0n) is 5.40. The van der Waals surface area contributed by atoms with Crippen LogP contribution in [0.3, 0.4) is 0 Å². The van der Waals surface area contributed by atoms with E-state index >= 15 is 0 Å². The summed E-state index contributed by atoms with van der Waals surface area (Å²) in [5.74, 6) is -0.258. The van der Waals surface area contributed by atoms with Crippen molar-refractivity contribution in [3.8, 4) is 0 Å². The lowest BCUT2D eigenvalue weighted by atomic mass is 10.5. The molecule has 0 saturated heterocycles. The molecule has 0 rings (SSSR count). The largest absolute Gasteiger partial charge is 0.264 e. The Morgan fingerprint density at radius 2 is 1.88 bits per heavy atom. The SMILES string of the molecule is CC(C)=N/C=C(/C)F. The molecule has 0 atom stereocenters. The van der Waals surface area contributed by atoms with Gasteiger partial charge in [0, 0.05) is 5.71 Å².